The van der Waals surface area contributed by atoms with Crippen molar-refractivity contribution in [1.82, 2.24) is 24.5 Å². The summed E-state index contributed by atoms with van der Waals surface area (Å²) in [4.78, 5) is 29.4. The Bertz CT molecular complexity index is 1710. The van der Waals surface area contributed by atoms with Crippen molar-refractivity contribution in [3.63, 3.8) is 0 Å². The van der Waals surface area contributed by atoms with Gasteiger partial charge in [0.1, 0.15) is 5.75 Å². The van der Waals surface area contributed by atoms with Crippen LogP contribution in [0.3, 0.4) is 0 Å². The smallest absolute Gasteiger partial charge is 0.317 e. The Kier molecular flexibility index (Phi) is 6.35. The number of imidazole rings is 1. The number of benzene rings is 2. The summed E-state index contributed by atoms with van der Waals surface area (Å²) in [5.74, 6) is -2.86. The zero-order chi connectivity index (χ0) is 27.0. The van der Waals surface area contributed by atoms with E-state index in [0.717, 1.165) is 11.0 Å². The van der Waals surface area contributed by atoms with Crippen molar-refractivity contribution in [3.05, 3.63) is 83.7 Å². The summed E-state index contributed by atoms with van der Waals surface area (Å²) in [5.41, 5.74) is 2.63. The van der Waals surface area contributed by atoms with Crippen molar-refractivity contribution in [2.75, 3.05) is 6.61 Å². The monoisotopic (exact) mass is 521 g/mol. The first-order valence-electron chi connectivity index (χ1n) is 11.5. The van der Waals surface area contributed by atoms with Gasteiger partial charge in [0.15, 0.2) is 6.61 Å². The topological polar surface area (TPSA) is 94.9 Å². The third kappa shape index (κ3) is 5.08. The number of hydrogen-bond donors (Lipinski definition) is 1. The van der Waals surface area contributed by atoms with E-state index in [0.29, 0.717) is 23.6 Å². The van der Waals surface area contributed by atoms with E-state index in [2.05, 4.69) is 26.5 Å². The van der Waals surface area contributed by atoms with Crippen LogP contribution in [0.2, 0.25) is 0 Å². The third-order valence-corrected chi connectivity index (χ3v) is 5.64. The average Bonchev–Trinajstić information content (AvgIpc) is 3.35. The number of ether oxygens (including phenoxy) is 2. The number of rotatable bonds is 8. The number of H-pyrrole nitrogens is 1. The van der Waals surface area contributed by atoms with Gasteiger partial charge in [0, 0.05) is 24.7 Å². The predicted molar refractivity (Wildman–Crippen MR) is 137 cm³/mol. The standard InChI is InChI=1S/C27H22F3N5O3/c1-15(2)24(28)38-19-7-4-16(5-8-19)22-23-17(11-31-26(34-23)37-13-27(3,29)30)12-35(25(22)36)18-6-9-20-21(10-18)33-14-32-20/h4-12,14,24H,1,13H2,2-3H3,(H,32,33). The zero-order valence-electron chi connectivity index (χ0n) is 20.4. The molecule has 1 atom stereocenters. The summed E-state index contributed by atoms with van der Waals surface area (Å²) in [7, 11) is 0. The van der Waals surface area contributed by atoms with Gasteiger partial charge in [-0.1, -0.05) is 18.7 Å². The molecule has 38 heavy (non-hydrogen) atoms. The molecule has 5 aromatic rings. The minimum Gasteiger partial charge on any atom is -0.457 e. The van der Waals surface area contributed by atoms with Crippen LogP contribution in [-0.2, 0) is 0 Å². The Balaban J connectivity index is 1.66. The van der Waals surface area contributed by atoms with Gasteiger partial charge >= 0.3 is 6.01 Å². The lowest BCUT2D eigenvalue weighted by Crippen LogP contribution is -2.22. The highest BCUT2D eigenvalue weighted by Crippen LogP contribution is 2.29. The number of aromatic nitrogens is 5. The molecule has 5 rings (SSSR count). The van der Waals surface area contributed by atoms with Crippen molar-refractivity contribution in [2.45, 2.75) is 26.1 Å². The molecule has 2 aromatic carbocycles. The second kappa shape index (κ2) is 9.66. The van der Waals surface area contributed by atoms with Gasteiger partial charge in [0.25, 0.3) is 17.8 Å². The number of hydrogen-bond acceptors (Lipinski definition) is 6. The van der Waals surface area contributed by atoms with Gasteiger partial charge in [0.05, 0.1) is 34.1 Å². The van der Waals surface area contributed by atoms with Crippen molar-refractivity contribution < 1.29 is 22.6 Å². The molecule has 3 aromatic heterocycles. The molecule has 1 N–H and O–H groups in total. The summed E-state index contributed by atoms with van der Waals surface area (Å²) in [6, 6.07) is 11.2. The van der Waals surface area contributed by atoms with Crippen molar-refractivity contribution >= 4 is 21.9 Å². The Morgan fingerprint density at radius 3 is 2.66 bits per heavy atom. The van der Waals surface area contributed by atoms with E-state index >= 15 is 0 Å². The molecule has 0 saturated heterocycles. The van der Waals surface area contributed by atoms with Crippen LogP contribution in [0.15, 0.2) is 78.1 Å². The highest BCUT2D eigenvalue weighted by atomic mass is 19.3. The maximum Gasteiger partial charge on any atom is 0.317 e. The summed E-state index contributed by atoms with van der Waals surface area (Å²) < 4.78 is 52.4. The van der Waals surface area contributed by atoms with E-state index in [1.54, 1.807) is 42.9 Å². The Morgan fingerprint density at radius 1 is 1.18 bits per heavy atom. The Labute approximate surface area is 214 Å². The minimum absolute atomic E-state index is 0.172. The number of halogens is 3. The molecule has 0 saturated carbocycles. The second-order valence-corrected chi connectivity index (χ2v) is 8.90. The Morgan fingerprint density at radius 2 is 1.95 bits per heavy atom. The van der Waals surface area contributed by atoms with E-state index in [1.807, 2.05) is 0 Å². The van der Waals surface area contributed by atoms with Crippen LogP contribution in [0.1, 0.15) is 13.8 Å². The fourth-order valence-electron chi connectivity index (χ4n) is 3.80. The van der Waals surface area contributed by atoms with Gasteiger partial charge in [-0.2, -0.15) is 9.37 Å². The molecule has 0 fully saturated rings. The first-order valence-corrected chi connectivity index (χ1v) is 11.5. The Hall–Kier alpha value is -4.67. The molecule has 0 aliphatic carbocycles. The van der Waals surface area contributed by atoms with Crippen LogP contribution in [-0.4, -0.2) is 43.4 Å². The quantitative estimate of drug-likeness (QED) is 0.267. The van der Waals surface area contributed by atoms with Crippen LogP contribution >= 0.6 is 0 Å². The van der Waals surface area contributed by atoms with Crippen LogP contribution in [0.25, 0.3) is 38.8 Å². The number of fused-ring (bicyclic) bond motifs is 2. The number of pyridine rings is 1. The van der Waals surface area contributed by atoms with Gasteiger partial charge in [-0.25, -0.2) is 18.7 Å². The minimum atomic E-state index is -3.09. The molecule has 3 heterocycles. The summed E-state index contributed by atoms with van der Waals surface area (Å²) in [6.45, 7) is 4.83. The molecular formula is C27H22F3N5O3. The molecule has 194 valence electrons. The van der Waals surface area contributed by atoms with Crippen LogP contribution in [0.4, 0.5) is 13.2 Å². The summed E-state index contributed by atoms with van der Waals surface area (Å²) in [6.07, 6.45) is 2.83. The van der Waals surface area contributed by atoms with Gasteiger partial charge < -0.3 is 14.5 Å². The third-order valence-electron chi connectivity index (χ3n) is 5.64. The predicted octanol–water partition coefficient (Wildman–Crippen LogP) is 5.61. The van der Waals surface area contributed by atoms with E-state index in [1.165, 1.54) is 29.8 Å². The molecule has 0 bridgehead atoms. The molecule has 1 unspecified atom stereocenters. The highest BCUT2D eigenvalue weighted by Gasteiger charge is 2.23. The fraction of sp³-hybridized carbons (Fsp3) is 0.185. The van der Waals surface area contributed by atoms with Crippen LogP contribution in [0, 0.1) is 0 Å². The fourth-order valence-corrected chi connectivity index (χ4v) is 3.80. The van der Waals surface area contributed by atoms with Gasteiger partial charge in [0.2, 0.25) is 0 Å². The molecular weight excluding hydrogens is 499 g/mol. The molecule has 0 aliphatic rings. The summed E-state index contributed by atoms with van der Waals surface area (Å²) >= 11 is 0. The van der Waals surface area contributed by atoms with Crippen LogP contribution < -0.4 is 15.0 Å². The first kappa shape index (κ1) is 25.0. The van der Waals surface area contributed by atoms with E-state index < -0.39 is 24.4 Å². The number of aromatic amines is 1. The molecule has 11 heteroatoms. The van der Waals surface area contributed by atoms with Crippen molar-refractivity contribution in [2.24, 2.45) is 0 Å². The molecule has 8 nitrogen and oxygen atoms in total. The molecule has 0 spiro atoms. The van der Waals surface area contributed by atoms with Crippen molar-refractivity contribution in [3.8, 4) is 28.6 Å². The van der Waals surface area contributed by atoms with Crippen molar-refractivity contribution in [1.29, 1.82) is 0 Å². The largest absolute Gasteiger partial charge is 0.457 e. The highest BCUT2D eigenvalue weighted by molar-refractivity contribution is 5.93. The second-order valence-electron chi connectivity index (χ2n) is 8.90. The van der Waals surface area contributed by atoms with E-state index in [9.17, 15) is 18.0 Å². The van der Waals surface area contributed by atoms with Gasteiger partial charge in [-0.3, -0.25) is 9.36 Å². The van der Waals surface area contributed by atoms with Crippen LogP contribution in [0.5, 0.6) is 11.8 Å². The SMILES string of the molecule is C=C(C)C(F)Oc1ccc(-c2c(=O)n(-c3ccc4nc[nH]c4c3)cc3cnc(OCC(C)(F)F)nc23)cc1. The lowest BCUT2D eigenvalue weighted by atomic mass is 10.0. The number of alkyl halides is 3. The molecule has 0 radical (unpaired) electrons. The van der Waals surface area contributed by atoms with E-state index in [4.69, 9.17) is 9.47 Å². The maximum absolute atomic E-state index is 14.0. The zero-order valence-corrected chi connectivity index (χ0v) is 20.4. The average molecular weight is 521 g/mol. The molecule has 0 aliphatic heterocycles. The lowest BCUT2D eigenvalue weighted by molar-refractivity contribution is -0.0255. The number of nitrogens with one attached hydrogen (secondary N) is 1. The van der Waals surface area contributed by atoms with E-state index in [-0.39, 0.29) is 28.4 Å². The number of nitrogens with zero attached hydrogens (tertiary/aromatic N) is 4. The van der Waals surface area contributed by atoms with Gasteiger partial charge in [-0.05, 0) is 48.4 Å². The normalized spacial score (nSPS) is 12.6. The maximum atomic E-state index is 14.0. The molecule has 0 amide bonds. The first-order chi connectivity index (χ1) is 18.1. The summed E-state index contributed by atoms with van der Waals surface area (Å²) in [5, 5.41) is 0.464. The lowest BCUT2D eigenvalue weighted by Gasteiger charge is -2.15. The van der Waals surface area contributed by atoms with Gasteiger partial charge in [-0.15, -0.1) is 0 Å².